The van der Waals surface area contributed by atoms with E-state index in [4.69, 9.17) is 9.15 Å². The number of halogens is 1. The Morgan fingerprint density at radius 2 is 2.12 bits per heavy atom. The molecule has 0 amide bonds. The van der Waals surface area contributed by atoms with Gasteiger partial charge in [0, 0.05) is 10.5 Å². The summed E-state index contributed by atoms with van der Waals surface area (Å²) < 4.78 is 11.6. The lowest BCUT2D eigenvalue weighted by atomic mass is 10.2. The molecule has 2 aromatic rings. The van der Waals surface area contributed by atoms with Crippen LogP contribution in [0, 0.1) is 6.92 Å². The van der Waals surface area contributed by atoms with Crippen LogP contribution in [0.5, 0.6) is 11.7 Å². The van der Waals surface area contributed by atoms with E-state index in [1.807, 2.05) is 25.1 Å². The topological polar surface area (TPSA) is 39.4 Å². The molecule has 2 rings (SSSR count). The van der Waals surface area contributed by atoms with Crippen LogP contribution in [0.4, 0.5) is 0 Å². The number of carbonyl (C=O) groups is 1. The summed E-state index contributed by atoms with van der Waals surface area (Å²) >= 11 is 3.40. The zero-order valence-electron chi connectivity index (χ0n) is 8.57. The van der Waals surface area contributed by atoms with Gasteiger partial charge >= 0.3 is 0 Å². The Kier molecular flexibility index (Phi) is 3.10. The van der Waals surface area contributed by atoms with Crippen molar-refractivity contribution in [2.75, 3.05) is 0 Å². The number of aldehydes is 1. The molecule has 0 aliphatic rings. The SMILES string of the molecule is Cc1cc(Oc2ccc(C=O)o2)ccc1Br. The van der Waals surface area contributed by atoms with Gasteiger partial charge in [-0.05, 0) is 36.8 Å². The Hall–Kier alpha value is -1.55. The van der Waals surface area contributed by atoms with Crippen molar-refractivity contribution in [3.8, 4) is 11.7 Å². The van der Waals surface area contributed by atoms with E-state index in [9.17, 15) is 4.79 Å². The van der Waals surface area contributed by atoms with E-state index in [1.54, 1.807) is 12.1 Å². The summed E-state index contributed by atoms with van der Waals surface area (Å²) in [5.74, 6) is 1.24. The van der Waals surface area contributed by atoms with Gasteiger partial charge in [0.2, 0.25) is 0 Å². The number of hydrogen-bond donors (Lipinski definition) is 0. The van der Waals surface area contributed by atoms with Crippen molar-refractivity contribution >= 4 is 22.2 Å². The van der Waals surface area contributed by atoms with Gasteiger partial charge in [-0.3, -0.25) is 4.79 Å². The fraction of sp³-hybridized carbons (Fsp3) is 0.0833. The van der Waals surface area contributed by atoms with Crippen LogP contribution in [0.1, 0.15) is 16.1 Å². The normalized spacial score (nSPS) is 10.1. The van der Waals surface area contributed by atoms with Crippen molar-refractivity contribution in [3.63, 3.8) is 0 Å². The maximum Gasteiger partial charge on any atom is 0.290 e. The van der Waals surface area contributed by atoms with Gasteiger partial charge < -0.3 is 9.15 Å². The first-order chi connectivity index (χ1) is 7.69. The molecule has 1 heterocycles. The number of benzene rings is 1. The lowest BCUT2D eigenvalue weighted by molar-refractivity contribution is 0.109. The Bertz CT molecular complexity index is 517. The minimum Gasteiger partial charge on any atom is -0.426 e. The number of carbonyl (C=O) groups excluding carboxylic acids is 1. The zero-order valence-corrected chi connectivity index (χ0v) is 10.2. The Morgan fingerprint density at radius 3 is 2.75 bits per heavy atom. The summed E-state index contributed by atoms with van der Waals surface area (Å²) in [6.45, 7) is 1.97. The quantitative estimate of drug-likeness (QED) is 0.799. The lowest BCUT2D eigenvalue weighted by Crippen LogP contribution is -1.83. The molecule has 0 N–H and O–H groups in total. The highest BCUT2D eigenvalue weighted by molar-refractivity contribution is 9.10. The third-order valence-electron chi connectivity index (χ3n) is 2.07. The fourth-order valence-electron chi connectivity index (χ4n) is 1.25. The van der Waals surface area contributed by atoms with Gasteiger partial charge in [0.25, 0.3) is 5.95 Å². The molecule has 0 aliphatic carbocycles. The highest BCUT2D eigenvalue weighted by Gasteiger charge is 2.04. The second-order valence-corrected chi connectivity index (χ2v) is 4.14. The molecule has 0 radical (unpaired) electrons. The molecule has 82 valence electrons. The third kappa shape index (κ3) is 2.33. The van der Waals surface area contributed by atoms with Gasteiger partial charge in [-0.25, -0.2) is 0 Å². The lowest BCUT2D eigenvalue weighted by Gasteiger charge is -2.03. The van der Waals surface area contributed by atoms with Crippen LogP contribution in [0.2, 0.25) is 0 Å². The summed E-state index contributed by atoms with van der Waals surface area (Å²) in [6, 6.07) is 8.77. The van der Waals surface area contributed by atoms with E-state index in [0.717, 1.165) is 10.0 Å². The van der Waals surface area contributed by atoms with Crippen molar-refractivity contribution in [1.29, 1.82) is 0 Å². The van der Waals surface area contributed by atoms with Crippen LogP contribution in [-0.2, 0) is 0 Å². The number of furan rings is 1. The van der Waals surface area contributed by atoms with E-state index < -0.39 is 0 Å². The largest absolute Gasteiger partial charge is 0.426 e. The summed E-state index contributed by atoms with van der Waals surface area (Å²) in [4.78, 5) is 10.4. The highest BCUT2D eigenvalue weighted by atomic mass is 79.9. The molecular weight excluding hydrogens is 272 g/mol. The van der Waals surface area contributed by atoms with Gasteiger partial charge in [0.1, 0.15) is 5.75 Å². The van der Waals surface area contributed by atoms with Crippen LogP contribution < -0.4 is 4.74 Å². The van der Waals surface area contributed by atoms with Crippen molar-refractivity contribution in [2.45, 2.75) is 6.92 Å². The van der Waals surface area contributed by atoms with Crippen molar-refractivity contribution < 1.29 is 13.9 Å². The van der Waals surface area contributed by atoms with Gasteiger partial charge in [0.05, 0.1) is 0 Å². The smallest absolute Gasteiger partial charge is 0.290 e. The molecule has 16 heavy (non-hydrogen) atoms. The second kappa shape index (κ2) is 4.53. The van der Waals surface area contributed by atoms with Crippen molar-refractivity contribution in [3.05, 3.63) is 46.1 Å². The predicted molar refractivity (Wildman–Crippen MR) is 63.0 cm³/mol. The first kappa shape index (κ1) is 11.0. The fourth-order valence-corrected chi connectivity index (χ4v) is 1.50. The number of rotatable bonds is 3. The number of hydrogen-bond acceptors (Lipinski definition) is 3. The summed E-state index contributed by atoms with van der Waals surface area (Å²) in [5, 5.41) is 0. The molecule has 1 aromatic carbocycles. The monoisotopic (exact) mass is 280 g/mol. The standard InChI is InChI=1S/C12H9BrO3/c1-8-6-9(2-4-11(8)13)15-12-5-3-10(7-14)16-12/h2-7H,1H3. The molecule has 4 heteroatoms. The Morgan fingerprint density at radius 1 is 1.31 bits per heavy atom. The summed E-state index contributed by atoms with van der Waals surface area (Å²) in [5.41, 5.74) is 1.07. The minimum absolute atomic E-state index is 0.254. The van der Waals surface area contributed by atoms with Crippen LogP contribution in [-0.4, -0.2) is 6.29 Å². The Balaban J connectivity index is 2.20. The van der Waals surface area contributed by atoms with Crippen LogP contribution in [0.3, 0.4) is 0 Å². The molecule has 0 spiro atoms. The highest BCUT2D eigenvalue weighted by Crippen LogP contribution is 2.27. The van der Waals surface area contributed by atoms with Crippen LogP contribution in [0.25, 0.3) is 0 Å². The van der Waals surface area contributed by atoms with E-state index in [-0.39, 0.29) is 5.76 Å². The molecule has 0 unspecified atom stereocenters. The van der Waals surface area contributed by atoms with Gasteiger partial charge in [-0.15, -0.1) is 0 Å². The molecule has 0 fully saturated rings. The predicted octanol–water partition coefficient (Wildman–Crippen LogP) is 3.96. The molecule has 3 nitrogen and oxygen atoms in total. The molecule has 0 bridgehead atoms. The van der Waals surface area contributed by atoms with Crippen LogP contribution >= 0.6 is 15.9 Å². The van der Waals surface area contributed by atoms with Gasteiger partial charge in [-0.2, -0.15) is 0 Å². The molecular formula is C12H9BrO3. The van der Waals surface area contributed by atoms with Crippen molar-refractivity contribution in [2.24, 2.45) is 0 Å². The Labute approximate surface area is 101 Å². The molecule has 0 saturated heterocycles. The average molecular weight is 281 g/mol. The zero-order chi connectivity index (χ0) is 11.5. The van der Waals surface area contributed by atoms with E-state index in [2.05, 4.69) is 15.9 Å². The van der Waals surface area contributed by atoms with Crippen LogP contribution in [0.15, 0.2) is 39.2 Å². The molecule has 0 aliphatic heterocycles. The maximum absolute atomic E-state index is 10.4. The van der Waals surface area contributed by atoms with Gasteiger partial charge in [0.15, 0.2) is 12.0 Å². The molecule has 0 saturated carbocycles. The minimum atomic E-state index is 0.254. The first-order valence-electron chi connectivity index (χ1n) is 4.68. The molecule has 1 aromatic heterocycles. The number of aryl methyl sites for hydroxylation is 1. The van der Waals surface area contributed by atoms with E-state index >= 15 is 0 Å². The summed E-state index contributed by atoms with van der Waals surface area (Å²) in [7, 11) is 0. The first-order valence-corrected chi connectivity index (χ1v) is 5.47. The summed E-state index contributed by atoms with van der Waals surface area (Å²) in [6.07, 6.45) is 0.639. The van der Waals surface area contributed by atoms with Crippen molar-refractivity contribution in [1.82, 2.24) is 0 Å². The van der Waals surface area contributed by atoms with E-state index in [1.165, 1.54) is 0 Å². The molecule has 0 atom stereocenters. The number of ether oxygens (including phenoxy) is 1. The van der Waals surface area contributed by atoms with E-state index in [0.29, 0.717) is 18.0 Å². The maximum atomic E-state index is 10.4. The third-order valence-corrected chi connectivity index (χ3v) is 2.96. The average Bonchev–Trinajstić information content (AvgIpc) is 2.71. The second-order valence-electron chi connectivity index (χ2n) is 3.29. The van der Waals surface area contributed by atoms with Gasteiger partial charge in [-0.1, -0.05) is 15.9 Å².